The smallest absolute Gasteiger partial charge is 0.317 e. The molecule has 1 fully saturated rings. The van der Waals surface area contributed by atoms with E-state index in [1.54, 1.807) is 0 Å². The maximum Gasteiger partial charge on any atom is 0.317 e. The molecule has 1 rings (SSSR count). The van der Waals surface area contributed by atoms with Crippen LogP contribution in [0, 0.1) is 11.8 Å². The molecule has 0 heterocycles. The molecule has 0 amide bonds. The van der Waals surface area contributed by atoms with Gasteiger partial charge in [0.15, 0.2) is 0 Å². The zero-order valence-corrected chi connectivity index (χ0v) is 11.6. The van der Waals surface area contributed by atoms with Crippen LogP contribution in [0.25, 0.3) is 0 Å². The number of hydrogen-bond acceptors (Lipinski definition) is 2. The molecule has 1 aliphatic rings. The van der Waals surface area contributed by atoms with Crippen LogP contribution in [0.2, 0.25) is 0 Å². The first-order valence-electron chi connectivity index (χ1n) is 6.94. The second-order valence-electron chi connectivity index (χ2n) is 5.66. The van der Waals surface area contributed by atoms with Crippen LogP contribution in [0.3, 0.4) is 0 Å². The molecule has 0 saturated heterocycles. The average molecular weight is 241 g/mol. The Hall–Kier alpha value is -0.570. The summed E-state index contributed by atoms with van der Waals surface area (Å²) < 4.78 is 0. The molecule has 0 aliphatic heterocycles. The van der Waals surface area contributed by atoms with E-state index in [-0.39, 0.29) is 6.54 Å². The zero-order chi connectivity index (χ0) is 13.0. The van der Waals surface area contributed by atoms with Crippen molar-refractivity contribution in [1.29, 1.82) is 0 Å². The minimum absolute atomic E-state index is 0.191. The van der Waals surface area contributed by atoms with Crippen LogP contribution in [0.1, 0.15) is 53.4 Å². The van der Waals surface area contributed by atoms with Crippen LogP contribution in [0.5, 0.6) is 0 Å². The molecule has 100 valence electrons. The van der Waals surface area contributed by atoms with E-state index in [0.29, 0.717) is 23.9 Å². The lowest BCUT2D eigenvalue weighted by Crippen LogP contribution is -2.50. The van der Waals surface area contributed by atoms with Gasteiger partial charge in [-0.05, 0) is 31.6 Å². The Morgan fingerprint density at radius 2 is 2.06 bits per heavy atom. The molecule has 1 N–H and O–H groups in total. The SMILES string of the molecule is CCC(C)N(CC(=O)O)C1CCCC(C)C1C. The number of carboxylic acid groups (broad SMARTS) is 1. The number of hydrogen-bond donors (Lipinski definition) is 1. The van der Waals surface area contributed by atoms with Gasteiger partial charge in [-0.3, -0.25) is 9.69 Å². The molecular formula is C14H27NO2. The van der Waals surface area contributed by atoms with Gasteiger partial charge in [0.2, 0.25) is 0 Å². The fourth-order valence-electron chi connectivity index (χ4n) is 3.01. The van der Waals surface area contributed by atoms with Crippen molar-refractivity contribution in [3.8, 4) is 0 Å². The highest BCUT2D eigenvalue weighted by molar-refractivity contribution is 5.69. The van der Waals surface area contributed by atoms with E-state index in [2.05, 4.69) is 32.6 Å². The largest absolute Gasteiger partial charge is 0.480 e. The molecule has 4 atom stereocenters. The van der Waals surface area contributed by atoms with Crippen molar-refractivity contribution in [3.63, 3.8) is 0 Å². The summed E-state index contributed by atoms with van der Waals surface area (Å²) in [6, 6.07) is 0.814. The minimum atomic E-state index is -0.698. The maximum atomic E-state index is 11.0. The molecule has 0 bridgehead atoms. The number of carbonyl (C=O) groups is 1. The van der Waals surface area contributed by atoms with Crippen molar-refractivity contribution in [2.45, 2.75) is 65.5 Å². The van der Waals surface area contributed by atoms with Gasteiger partial charge < -0.3 is 5.11 Å². The van der Waals surface area contributed by atoms with Gasteiger partial charge in [-0.1, -0.05) is 33.6 Å². The molecule has 3 nitrogen and oxygen atoms in total. The Morgan fingerprint density at radius 1 is 1.41 bits per heavy atom. The highest BCUT2D eigenvalue weighted by Gasteiger charge is 2.34. The lowest BCUT2D eigenvalue weighted by Gasteiger charge is -2.43. The quantitative estimate of drug-likeness (QED) is 0.804. The normalized spacial score (nSPS) is 31.5. The Labute approximate surface area is 105 Å². The second kappa shape index (κ2) is 6.39. The molecule has 17 heavy (non-hydrogen) atoms. The van der Waals surface area contributed by atoms with Crippen LogP contribution in [-0.2, 0) is 4.79 Å². The first-order chi connectivity index (χ1) is 7.97. The third-order valence-corrected chi connectivity index (χ3v) is 4.56. The topological polar surface area (TPSA) is 40.5 Å². The van der Waals surface area contributed by atoms with Gasteiger partial charge in [-0.2, -0.15) is 0 Å². The van der Waals surface area contributed by atoms with E-state index in [1.807, 2.05) is 0 Å². The number of aliphatic carboxylic acids is 1. The highest BCUT2D eigenvalue weighted by Crippen LogP contribution is 2.33. The molecule has 0 radical (unpaired) electrons. The van der Waals surface area contributed by atoms with Crippen molar-refractivity contribution in [1.82, 2.24) is 4.90 Å². The monoisotopic (exact) mass is 241 g/mol. The van der Waals surface area contributed by atoms with E-state index in [4.69, 9.17) is 5.11 Å². The van der Waals surface area contributed by atoms with Crippen molar-refractivity contribution in [2.24, 2.45) is 11.8 Å². The van der Waals surface area contributed by atoms with E-state index in [1.165, 1.54) is 12.8 Å². The molecule has 4 unspecified atom stereocenters. The van der Waals surface area contributed by atoms with Gasteiger partial charge >= 0.3 is 5.97 Å². The third kappa shape index (κ3) is 3.70. The van der Waals surface area contributed by atoms with Gasteiger partial charge in [-0.25, -0.2) is 0 Å². The molecule has 0 spiro atoms. The summed E-state index contributed by atoms with van der Waals surface area (Å²) in [7, 11) is 0. The van der Waals surface area contributed by atoms with Gasteiger partial charge in [0, 0.05) is 12.1 Å². The summed E-state index contributed by atoms with van der Waals surface area (Å²) in [6.45, 7) is 9.06. The maximum absolute atomic E-state index is 11.0. The van der Waals surface area contributed by atoms with E-state index in [9.17, 15) is 4.79 Å². The summed E-state index contributed by atoms with van der Waals surface area (Å²) in [5, 5.41) is 9.07. The van der Waals surface area contributed by atoms with Crippen LogP contribution >= 0.6 is 0 Å². The van der Waals surface area contributed by atoms with Crippen LogP contribution in [0.4, 0.5) is 0 Å². The Morgan fingerprint density at radius 3 is 2.59 bits per heavy atom. The highest BCUT2D eigenvalue weighted by atomic mass is 16.4. The predicted molar refractivity (Wildman–Crippen MR) is 70.1 cm³/mol. The molecule has 0 aromatic carbocycles. The summed E-state index contributed by atoms with van der Waals surface area (Å²) in [5.41, 5.74) is 0. The standard InChI is InChI=1S/C14H27NO2/c1-5-11(3)15(9-14(16)17)13-8-6-7-10(2)12(13)4/h10-13H,5-9H2,1-4H3,(H,16,17). The summed E-state index contributed by atoms with van der Waals surface area (Å²) in [4.78, 5) is 13.2. The van der Waals surface area contributed by atoms with Gasteiger partial charge in [0.1, 0.15) is 0 Å². The van der Waals surface area contributed by atoms with Crippen molar-refractivity contribution >= 4 is 5.97 Å². The summed E-state index contributed by atoms with van der Waals surface area (Å²) >= 11 is 0. The predicted octanol–water partition coefficient (Wildman–Crippen LogP) is 3.00. The fourth-order valence-corrected chi connectivity index (χ4v) is 3.01. The van der Waals surface area contributed by atoms with Crippen molar-refractivity contribution < 1.29 is 9.90 Å². The lowest BCUT2D eigenvalue weighted by atomic mass is 9.77. The number of rotatable bonds is 5. The van der Waals surface area contributed by atoms with E-state index >= 15 is 0 Å². The van der Waals surface area contributed by atoms with Crippen molar-refractivity contribution in [2.75, 3.05) is 6.54 Å². The van der Waals surface area contributed by atoms with Crippen LogP contribution in [0.15, 0.2) is 0 Å². The number of nitrogens with zero attached hydrogens (tertiary/aromatic N) is 1. The molecule has 0 aromatic heterocycles. The molecule has 1 saturated carbocycles. The lowest BCUT2D eigenvalue weighted by molar-refractivity contribution is -0.140. The summed E-state index contributed by atoms with van der Waals surface area (Å²) in [6.07, 6.45) is 4.70. The average Bonchev–Trinajstić information content (AvgIpc) is 2.29. The van der Waals surface area contributed by atoms with Crippen molar-refractivity contribution in [3.05, 3.63) is 0 Å². The van der Waals surface area contributed by atoms with Crippen LogP contribution < -0.4 is 0 Å². The first kappa shape index (κ1) is 14.5. The van der Waals surface area contributed by atoms with E-state index in [0.717, 1.165) is 12.8 Å². The zero-order valence-electron chi connectivity index (χ0n) is 11.6. The first-order valence-corrected chi connectivity index (χ1v) is 6.94. The molecule has 3 heteroatoms. The summed E-state index contributed by atoms with van der Waals surface area (Å²) in [5.74, 6) is 0.627. The molecular weight excluding hydrogens is 214 g/mol. The minimum Gasteiger partial charge on any atom is -0.480 e. The number of carboxylic acids is 1. The fraction of sp³-hybridized carbons (Fsp3) is 0.929. The molecule has 0 aromatic rings. The Bertz CT molecular complexity index is 255. The van der Waals surface area contributed by atoms with Gasteiger partial charge in [-0.15, -0.1) is 0 Å². The third-order valence-electron chi connectivity index (χ3n) is 4.56. The van der Waals surface area contributed by atoms with Gasteiger partial charge in [0.25, 0.3) is 0 Å². The molecule has 1 aliphatic carbocycles. The van der Waals surface area contributed by atoms with Crippen LogP contribution in [-0.4, -0.2) is 34.6 Å². The Balaban J connectivity index is 2.76. The second-order valence-corrected chi connectivity index (χ2v) is 5.66. The Kier molecular flexibility index (Phi) is 5.44. The van der Waals surface area contributed by atoms with E-state index < -0.39 is 5.97 Å². The van der Waals surface area contributed by atoms with Gasteiger partial charge in [0.05, 0.1) is 6.54 Å².